The average molecular weight is 1370 g/mol. The van der Waals surface area contributed by atoms with E-state index in [4.69, 9.17) is 52.1 Å². The topological polar surface area (TPSA) is 503 Å². The molecule has 0 radical (unpaired) electrons. The molecule has 0 aromatic heterocycles. The highest BCUT2D eigenvalue weighted by atomic mass is 16.8. The van der Waals surface area contributed by atoms with E-state index in [1.54, 1.807) is 20.8 Å². The van der Waals surface area contributed by atoms with Gasteiger partial charge in [-0.15, -0.1) is 0 Å². The van der Waals surface area contributed by atoms with Crippen LogP contribution in [-0.2, 0) is 56.9 Å². The Morgan fingerprint density at radius 2 is 1.16 bits per heavy atom. The number of aliphatic hydroxyl groups is 19. The van der Waals surface area contributed by atoms with Crippen molar-refractivity contribution >= 4 is 5.97 Å². The van der Waals surface area contributed by atoms with Crippen molar-refractivity contribution in [1.82, 2.24) is 0 Å². The van der Waals surface area contributed by atoms with E-state index < -0.39 is 255 Å². The Morgan fingerprint density at radius 1 is 0.558 bits per heavy atom. The van der Waals surface area contributed by atoms with Crippen LogP contribution in [0.15, 0.2) is 23.3 Å². The Hall–Kier alpha value is -2.21. The molecule has 5 heterocycles. The van der Waals surface area contributed by atoms with Crippen molar-refractivity contribution in [2.75, 3.05) is 26.4 Å². The van der Waals surface area contributed by atoms with Crippen LogP contribution < -0.4 is 0 Å². The van der Waals surface area contributed by atoms with E-state index in [1.807, 2.05) is 20.8 Å². The number of esters is 1. The molecule has 5 aliphatic heterocycles. The van der Waals surface area contributed by atoms with Gasteiger partial charge in [0.05, 0.1) is 80.5 Å². The second-order valence-electron chi connectivity index (χ2n) is 30.5. The molecular formula is C64H104O31. The lowest BCUT2D eigenvalue weighted by atomic mass is 9.32. The molecule has 4 saturated carbocycles. The van der Waals surface area contributed by atoms with E-state index in [-0.39, 0.29) is 23.8 Å². The minimum Gasteiger partial charge on any atom is -0.453 e. The quantitative estimate of drug-likeness (QED) is 0.0298. The lowest BCUT2D eigenvalue weighted by molar-refractivity contribution is -0.414. The maximum Gasteiger partial charge on any atom is 0.333 e. The summed E-state index contributed by atoms with van der Waals surface area (Å²) in [5.41, 5.74) is -5.60. The molecule has 5 aliphatic carbocycles. The molecule has 8 unspecified atom stereocenters. The number of hydrogen-bond acceptors (Lipinski definition) is 31. The lowest BCUT2D eigenvalue weighted by Crippen LogP contribution is -2.76. The maximum absolute atomic E-state index is 13.3. The van der Waals surface area contributed by atoms with Gasteiger partial charge in [0.15, 0.2) is 56.4 Å². The van der Waals surface area contributed by atoms with Gasteiger partial charge in [0.2, 0.25) is 0 Å². The number of hydrogen-bond donors (Lipinski definition) is 19. The van der Waals surface area contributed by atoms with Gasteiger partial charge in [0.1, 0.15) is 73.2 Å². The molecule has 10 aliphatic rings. The summed E-state index contributed by atoms with van der Waals surface area (Å²) >= 11 is 0. The Bertz CT molecular complexity index is 2720. The lowest BCUT2D eigenvalue weighted by Gasteiger charge is -2.73. The number of allylic oxidation sites excluding steroid dienone is 2. The first-order chi connectivity index (χ1) is 44.3. The van der Waals surface area contributed by atoms with Crippen LogP contribution in [0.5, 0.6) is 0 Å². The van der Waals surface area contributed by atoms with E-state index in [1.165, 1.54) is 19.9 Å². The number of fused-ring (bicyclic) bond motifs is 7. The normalized spacial score (nSPS) is 53.8. The molecule has 0 amide bonds. The van der Waals surface area contributed by atoms with Crippen LogP contribution in [0.2, 0.25) is 0 Å². The zero-order valence-corrected chi connectivity index (χ0v) is 55.2. The van der Waals surface area contributed by atoms with Crippen molar-refractivity contribution in [3.05, 3.63) is 23.3 Å². The average Bonchev–Trinajstić information content (AvgIpc) is 0.663. The van der Waals surface area contributed by atoms with Gasteiger partial charge in [-0.2, -0.15) is 0 Å². The van der Waals surface area contributed by atoms with E-state index in [0.717, 1.165) is 0 Å². The molecule has 5 saturated heterocycles. The Morgan fingerprint density at radius 3 is 1.79 bits per heavy atom. The van der Waals surface area contributed by atoms with Gasteiger partial charge in [0.25, 0.3) is 0 Å². The summed E-state index contributed by atoms with van der Waals surface area (Å²) in [5.74, 6) is -4.61. The van der Waals surface area contributed by atoms with E-state index >= 15 is 0 Å². The smallest absolute Gasteiger partial charge is 0.333 e. The molecule has 19 N–H and O–H groups in total. The highest BCUT2D eigenvalue weighted by Crippen LogP contribution is 2.76. The Kier molecular flexibility index (Phi) is 22.1. The van der Waals surface area contributed by atoms with Crippen molar-refractivity contribution in [3.63, 3.8) is 0 Å². The molecule has 9 fully saturated rings. The summed E-state index contributed by atoms with van der Waals surface area (Å²) in [6.45, 7) is 15.2. The van der Waals surface area contributed by atoms with Gasteiger partial charge in [0, 0.05) is 16.9 Å². The molecule has 37 atom stereocenters. The summed E-state index contributed by atoms with van der Waals surface area (Å²) in [6.07, 6.45) is -42.9. The zero-order valence-electron chi connectivity index (χ0n) is 55.2. The van der Waals surface area contributed by atoms with Gasteiger partial charge in [-0.1, -0.05) is 73.1 Å². The van der Waals surface area contributed by atoms with Crippen LogP contribution in [0.1, 0.15) is 108 Å². The van der Waals surface area contributed by atoms with Crippen LogP contribution in [0, 0.1) is 62.1 Å². The van der Waals surface area contributed by atoms with Crippen molar-refractivity contribution < 1.29 is 154 Å². The van der Waals surface area contributed by atoms with E-state index in [0.29, 0.717) is 37.7 Å². The first-order valence-electron chi connectivity index (χ1n) is 33.2. The molecule has 0 aromatic carbocycles. The second-order valence-corrected chi connectivity index (χ2v) is 30.5. The SMILES string of the molecule is C/C=C(/C)C(=O)O[C@H]1[C@H](O)[C@@H](OC2O[C@H](O)[C@@H](O)[C@H](O)[C@H]2CO)O[C@@H](OC2CC[C@@]3(C)C(CC[C@]4(C)C3CC=C3C5CC(C)(C)[C@@H](O)[C@H](O)[C@]5(COC5O[C@H](COC6O[C@H](CO)[C@@H](O)[C@H](O)[C@H]6O)[C@@H](O)[C@H](O)[C@H]5OC5O[C@H](O)[C@H](O)[C@@H](O)[C@@H]5C)[C@H](O)[C@H](O)[C@]34C)C2(C)C)[C@@H]1O. The second kappa shape index (κ2) is 27.9. The fourth-order valence-electron chi connectivity index (χ4n) is 18.4. The number of rotatable bonds is 16. The summed E-state index contributed by atoms with van der Waals surface area (Å²) in [5, 5.41) is 214. The van der Waals surface area contributed by atoms with Crippen molar-refractivity contribution in [3.8, 4) is 0 Å². The summed E-state index contributed by atoms with van der Waals surface area (Å²) in [6, 6.07) is 0. The third kappa shape index (κ3) is 12.5. The van der Waals surface area contributed by atoms with E-state index in [9.17, 15) is 102 Å². The molecule has 95 heavy (non-hydrogen) atoms. The van der Waals surface area contributed by atoms with Crippen LogP contribution in [0.3, 0.4) is 0 Å². The van der Waals surface area contributed by atoms with Crippen LogP contribution >= 0.6 is 0 Å². The van der Waals surface area contributed by atoms with Crippen LogP contribution in [0.25, 0.3) is 0 Å². The molecular weight excluding hydrogens is 1260 g/mol. The number of carbonyl (C=O) groups excluding carboxylic acids is 1. The molecule has 10 rings (SSSR count). The Labute approximate surface area is 550 Å². The molecule has 0 bridgehead atoms. The van der Waals surface area contributed by atoms with Crippen molar-refractivity contribution in [1.29, 1.82) is 0 Å². The van der Waals surface area contributed by atoms with Gasteiger partial charge >= 0.3 is 5.97 Å². The third-order valence-electron chi connectivity index (χ3n) is 24.8. The van der Waals surface area contributed by atoms with E-state index in [2.05, 4.69) is 19.9 Å². The third-order valence-corrected chi connectivity index (χ3v) is 24.8. The highest BCUT2D eigenvalue weighted by Gasteiger charge is 2.76. The van der Waals surface area contributed by atoms with Crippen LogP contribution in [-0.4, -0.2) is 302 Å². The van der Waals surface area contributed by atoms with Crippen LogP contribution in [0.4, 0.5) is 0 Å². The predicted molar refractivity (Wildman–Crippen MR) is 317 cm³/mol. The zero-order chi connectivity index (χ0) is 70.0. The Balaban J connectivity index is 0.936. The predicted octanol–water partition coefficient (Wildman–Crippen LogP) is -4.94. The monoisotopic (exact) mass is 1370 g/mol. The fourth-order valence-corrected chi connectivity index (χ4v) is 18.4. The standard InChI is InChI=1S/C64H104O31/c1-11-23(2)50(82)90-44-42(76)56(95-57(43(44)77)94-54-25(19-65)34(68)40(74)52(84)93-54)89-32-15-16-61(8)30(60(32,6)7)14-17-62(9)31(61)13-12-26-27-18-59(4,5)46(78)48(80)64(27,49(81)47(79)63(26,62)10)22-86-58-45(91-53-24(3)33(67)39(73)51(83)92-53)38(72)36(70)29(88-58)21-85-55-41(75)37(71)35(69)28(20-66)87-55/h11-12,24-25,27-49,51-58,65-81,83-84H,13-22H2,1-10H3/b23-11-/t24-,25+,27?,28+,29+,30?,31?,32?,33-,34+,35+,36+,37-,38-,39+,40-,41+,42+,43-,44+,45+,46-,47-,48-,49+,51-,52-,53?,54?,55?,56+,57-,58?,61-,62+,63-,64+/m0/s1. The molecule has 31 heteroatoms. The number of ether oxygens (including phenoxy) is 11. The maximum atomic E-state index is 13.3. The number of aliphatic hydroxyl groups excluding tert-OH is 19. The fraction of sp³-hybridized carbons (Fsp3) is 0.922. The summed E-state index contributed by atoms with van der Waals surface area (Å²) in [7, 11) is 0. The van der Waals surface area contributed by atoms with Crippen molar-refractivity contribution in [2.24, 2.45) is 62.1 Å². The number of carbonyl (C=O) groups is 1. The first kappa shape index (κ1) is 75.5. The van der Waals surface area contributed by atoms with Crippen molar-refractivity contribution in [2.45, 2.75) is 280 Å². The summed E-state index contributed by atoms with van der Waals surface area (Å²) < 4.78 is 65.8. The first-order valence-corrected chi connectivity index (χ1v) is 33.2. The minimum atomic E-state index is -2.02. The largest absolute Gasteiger partial charge is 0.453 e. The minimum absolute atomic E-state index is 0.121. The molecule has 0 spiro atoms. The highest BCUT2D eigenvalue weighted by molar-refractivity contribution is 5.87. The molecule has 0 aromatic rings. The molecule has 546 valence electrons. The van der Waals surface area contributed by atoms with Gasteiger partial charge < -0.3 is 149 Å². The van der Waals surface area contributed by atoms with Gasteiger partial charge in [-0.3, -0.25) is 0 Å². The van der Waals surface area contributed by atoms with Gasteiger partial charge in [-0.05, 0) is 91.8 Å². The molecule has 31 nitrogen and oxygen atoms in total. The summed E-state index contributed by atoms with van der Waals surface area (Å²) in [4.78, 5) is 13.3. The van der Waals surface area contributed by atoms with Gasteiger partial charge in [-0.25, -0.2) is 4.79 Å².